The van der Waals surface area contributed by atoms with E-state index in [9.17, 15) is 14.4 Å². The van der Waals surface area contributed by atoms with E-state index in [1.165, 1.54) is 0 Å². The maximum Gasteiger partial charge on any atom is 0.348 e. The van der Waals surface area contributed by atoms with Gasteiger partial charge in [0, 0.05) is 5.56 Å². The molecule has 0 bridgehead atoms. The van der Waals surface area contributed by atoms with Gasteiger partial charge in [0.15, 0.2) is 0 Å². The predicted octanol–water partition coefficient (Wildman–Crippen LogP) is 3.25. The molecule has 9 heteroatoms. The van der Waals surface area contributed by atoms with Crippen molar-refractivity contribution >= 4 is 34.2 Å². The number of nitrogen functional groups attached to an aromatic ring is 1. The van der Waals surface area contributed by atoms with Crippen molar-refractivity contribution in [3.8, 4) is 0 Å². The van der Waals surface area contributed by atoms with Gasteiger partial charge in [0.1, 0.15) is 39.1 Å². The van der Waals surface area contributed by atoms with Gasteiger partial charge in [-0.2, -0.15) is 0 Å². The van der Waals surface area contributed by atoms with Crippen LogP contribution in [0.2, 0.25) is 0 Å². The van der Waals surface area contributed by atoms with Gasteiger partial charge in [-0.25, -0.2) is 14.4 Å². The topological polar surface area (TPSA) is 118 Å². The molecule has 0 unspecified atom stereocenters. The van der Waals surface area contributed by atoms with Gasteiger partial charge in [0.05, 0.1) is 13.2 Å². The molecule has 0 fully saturated rings. The quantitative estimate of drug-likeness (QED) is 0.561. The van der Waals surface area contributed by atoms with Crippen molar-refractivity contribution in [1.29, 1.82) is 0 Å². The van der Waals surface area contributed by atoms with Crippen LogP contribution in [0.25, 0.3) is 0 Å². The number of hydrogen-bond donors (Lipinski definition) is 1. The van der Waals surface area contributed by atoms with Gasteiger partial charge in [-0.1, -0.05) is 0 Å². The molecule has 2 rings (SSSR count). The molecule has 0 saturated carbocycles. The Labute approximate surface area is 160 Å². The van der Waals surface area contributed by atoms with Crippen LogP contribution >= 0.6 is 11.3 Å². The van der Waals surface area contributed by atoms with Crippen molar-refractivity contribution < 1.29 is 33.0 Å². The monoisotopic (exact) mass is 395 g/mol. The minimum atomic E-state index is -0.691. The molecule has 0 radical (unpaired) electrons. The van der Waals surface area contributed by atoms with Crippen LogP contribution in [0.1, 0.15) is 61.3 Å². The molecule has 8 nitrogen and oxygen atoms in total. The summed E-state index contributed by atoms with van der Waals surface area (Å²) < 4.78 is 20.6. The third kappa shape index (κ3) is 4.48. The molecule has 0 aliphatic heterocycles. The number of ether oxygens (including phenoxy) is 3. The van der Waals surface area contributed by atoms with Gasteiger partial charge in [-0.05, 0) is 33.8 Å². The molecule has 0 aliphatic carbocycles. The Morgan fingerprint density at radius 1 is 1.04 bits per heavy atom. The highest BCUT2D eigenvalue weighted by atomic mass is 32.1. The van der Waals surface area contributed by atoms with Crippen LogP contribution in [0.4, 0.5) is 5.00 Å². The second kappa shape index (κ2) is 8.72. The third-order valence-corrected chi connectivity index (χ3v) is 4.62. The lowest BCUT2D eigenvalue weighted by atomic mass is 10.1. The lowest BCUT2D eigenvalue weighted by molar-refractivity contribution is 0.0436. The number of thiophene rings is 1. The van der Waals surface area contributed by atoms with E-state index < -0.39 is 17.9 Å². The predicted molar refractivity (Wildman–Crippen MR) is 97.9 cm³/mol. The molecule has 2 heterocycles. The number of carbonyl (C=O) groups is 3. The molecule has 0 saturated heterocycles. The zero-order chi connectivity index (χ0) is 20.1. The van der Waals surface area contributed by atoms with E-state index in [0.29, 0.717) is 11.5 Å². The van der Waals surface area contributed by atoms with Crippen molar-refractivity contribution in [1.82, 2.24) is 0 Å². The van der Waals surface area contributed by atoms with Gasteiger partial charge in [-0.3, -0.25) is 0 Å². The van der Waals surface area contributed by atoms with E-state index in [2.05, 4.69) is 0 Å². The Balaban J connectivity index is 2.34. The van der Waals surface area contributed by atoms with Crippen LogP contribution in [-0.4, -0.2) is 31.1 Å². The Kier molecular flexibility index (Phi) is 6.62. The number of aryl methyl sites for hydroxylation is 2. The zero-order valence-electron chi connectivity index (χ0n) is 15.5. The first-order valence-electron chi connectivity index (χ1n) is 8.29. The van der Waals surface area contributed by atoms with Gasteiger partial charge < -0.3 is 24.4 Å². The number of nitrogens with two attached hydrogens (primary N) is 1. The molecule has 146 valence electrons. The number of furan rings is 1. The highest BCUT2D eigenvalue weighted by Gasteiger charge is 2.29. The molecule has 2 aromatic heterocycles. The zero-order valence-corrected chi connectivity index (χ0v) is 16.4. The number of hydrogen-bond acceptors (Lipinski definition) is 9. The molecule has 0 spiro atoms. The smallest absolute Gasteiger partial charge is 0.348 e. The van der Waals surface area contributed by atoms with Crippen LogP contribution < -0.4 is 5.73 Å². The third-order valence-electron chi connectivity index (χ3n) is 3.58. The first-order chi connectivity index (χ1) is 12.8. The summed E-state index contributed by atoms with van der Waals surface area (Å²) >= 11 is 0.891. The lowest BCUT2D eigenvalue weighted by Crippen LogP contribution is -2.14. The highest BCUT2D eigenvalue weighted by Crippen LogP contribution is 2.33. The summed E-state index contributed by atoms with van der Waals surface area (Å²) in [4.78, 5) is 36.9. The van der Waals surface area contributed by atoms with Gasteiger partial charge in [-0.15, -0.1) is 11.3 Å². The average Bonchev–Trinajstić information content (AvgIpc) is 3.11. The minimum absolute atomic E-state index is 0.0119. The van der Waals surface area contributed by atoms with Crippen molar-refractivity contribution in [3.63, 3.8) is 0 Å². The summed E-state index contributed by atoms with van der Waals surface area (Å²) in [5.74, 6) is -0.995. The summed E-state index contributed by atoms with van der Waals surface area (Å²) in [5.41, 5.74) is 6.36. The number of carbonyl (C=O) groups excluding carboxylic acids is 3. The summed E-state index contributed by atoms with van der Waals surface area (Å²) in [6.07, 6.45) is 0. The molecule has 0 amide bonds. The SMILES string of the molecule is CCOC(=O)c1sc(N)c(C(=O)OCC)c1COC(=O)c1cc(C)oc1C. The van der Waals surface area contributed by atoms with Crippen molar-refractivity contribution in [2.45, 2.75) is 34.3 Å². The molecule has 27 heavy (non-hydrogen) atoms. The number of anilines is 1. The van der Waals surface area contributed by atoms with Crippen LogP contribution in [0.15, 0.2) is 10.5 Å². The lowest BCUT2D eigenvalue weighted by Gasteiger charge is -2.08. The molecular weight excluding hydrogens is 374 g/mol. The van der Waals surface area contributed by atoms with E-state index in [1.54, 1.807) is 33.8 Å². The maximum atomic E-state index is 12.3. The summed E-state index contributed by atoms with van der Waals surface area (Å²) in [7, 11) is 0. The van der Waals surface area contributed by atoms with Gasteiger partial charge >= 0.3 is 17.9 Å². The number of rotatable bonds is 7. The van der Waals surface area contributed by atoms with Crippen LogP contribution in [-0.2, 0) is 20.8 Å². The molecule has 2 aromatic rings. The molecule has 0 atom stereocenters. The standard InChI is InChI=1S/C18H21NO7S/c1-5-23-17(21)13-12(14(27-15(13)19)18(22)24-6-2)8-25-16(20)11-7-9(3)26-10(11)4/h7H,5-6,8,19H2,1-4H3. The minimum Gasteiger partial charge on any atom is -0.466 e. The Hall–Kier alpha value is -2.81. The van der Waals surface area contributed by atoms with Crippen molar-refractivity contribution in [2.75, 3.05) is 18.9 Å². The maximum absolute atomic E-state index is 12.3. The first kappa shape index (κ1) is 20.5. The van der Waals surface area contributed by atoms with Gasteiger partial charge in [0.25, 0.3) is 0 Å². The van der Waals surface area contributed by atoms with E-state index in [-0.39, 0.29) is 46.4 Å². The fourth-order valence-electron chi connectivity index (χ4n) is 2.46. The van der Waals surface area contributed by atoms with E-state index in [0.717, 1.165) is 11.3 Å². The largest absolute Gasteiger partial charge is 0.466 e. The Bertz CT molecular complexity index is 865. The van der Waals surface area contributed by atoms with Crippen LogP contribution in [0.5, 0.6) is 0 Å². The van der Waals surface area contributed by atoms with Crippen molar-refractivity contribution in [3.05, 3.63) is 39.2 Å². The summed E-state index contributed by atoms with van der Waals surface area (Å²) in [5, 5.41) is 0.0953. The van der Waals surface area contributed by atoms with E-state index in [4.69, 9.17) is 24.4 Å². The second-order valence-electron chi connectivity index (χ2n) is 5.49. The van der Waals surface area contributed by atoms with E-state index in [1.807, 2.05) is 0 Å². The average molecular weight is 395 g/mol. The fourth-order valence-corrected chi connectivity index (χ4v) is 3.42. The van der Waals surface area contributed by atoms with Gasteiger partial charge in [0.2, 0.25) is 0 Å². The molecule has 0 aromatic carbocycles. The molecular formula is C18H21NO7S. The van der Waals surface area contributed by atoms with E-state index >= 15 is 0 Å². The summed E-state index contributed by atoms with van der Waals surface area (Å²) in [6.45, 7) is 6.61. The molecule has 0 aliphatic rings. The fraction of sp³-hybridized carbons (Fsp3) is 0.389. The molecule has 2 N–H and O–H groups in total. The number of esters is 3. The van der Waals surface area contributed by atoms with Crippen LogP contribution in [0, 0.1) is 13.8 Å². The second-order valence-corrected chi connectivity index (χ2v) is 6.55. The first-order valence-corrected chi connectivity index (χ1v) is 9.11. The normalized spacial score (nSPS) is 10.5. The van der Waals surface area contributed by atoms with Crippen LogP contribution in [0.3, 0.4) is 0 Å². The highest BCUT2D eigenvalue weighted by molar-refractivity contribution is 7.18. The van der Waals surface area contributed by atoms with Crippen molar-refractivity contribution in [2.24, 2.45) is 0 Å². The Morgan fingerprint density at radius 3 is 2.22 bits per heavy atom. The Morgan fingerprint density at radius 2 is 1.67 bits per heavy atom. The summed E-state index contributed by atoms with van der Waals surface area (Å²) in [6, 6.07) is 1.55.